The van der Waals surface area contributed by atoms with Gasteiger partial charge in [-0.2, -0.15) is 0 Å². The molecule has 1 rings (SSSR count). The number of aromatic nitrogens is 1. The molecule has 0 aliphatic rings. The van der Waals surface area contributed by atoms with Crippen LogP contribution in [0.3, 0.4) is 0 Å². The van der Waals surface area contributed by atoms with Crippen LogP contribution in [-0.2, 0) is 6.04 Å². The van der Waals surface area contributed by atoms with Crippen LogP contribution < -0.4 is 0 Å². The quantitative estimate of drug-likeness (QED) is 0.554. The molecule has 0 spiro atoms. The van der Waals surface area contributed by atoms with Crippen LogP contribution in [0, 0.1) is 0 Å². The summed E-state index contributed by atoms with van der Waals surface area (Å²) in [6.45, 7) is 1.90. The van der Waals surface area contributed by atoms with Crippen molar-refractivity contribution >= 4 is 46.2 Å². The summed E-state index contributed by atoms with van der Waals surface area (Å²) in [4.78, 5) is 3.92. The van der Waals surface area contributed by atoms with Crippen LogP contribution in [0.1, 0.15) is 5.46 Å². The summed E-state index contributed by atoms with van der Waals surface area (Å²) in [6.07, 6.45) is 3.41. The van der Waals surface area contributed by atoms with Crippen molar-refractivity contribution in [3.05, 3.63) is 23.8 Å². The van der Waals surface area contributed by atoms with E-state index in [1.807, 2.05) is 12.9 Å². The average molecular weight is 224 g/mol. The fourth-order valence-electron chi connectivity index (χ4n) is 0.734. The number of halogens is 3. The maximum absolute atomic E-state index is 5.71. The van der Waals surface area contributed by atoms with E-state index in [1.165, 1.54) is 0 Å². The third kappa shape index (κ3) is 4.11. The predicted octanol–water partition coefficient (Wildman–Crippen LogP) is 2.16. The molecule has 1 nitrogen and oxygen atoms in total. The summed E-state index contributed by atoms with van der Waals surface area (Å²) in [5, 5.41) is 0. The Bertz CT molecular complexity index is 225. The van der Waals surface area contributed by atoms with Crippen LogP contribution in [0.5, 0.6) is 0 Å². The van der Waals surface area contributed by atoms with Gasteiger partial charge in [-0.15, -0.1) is 0 Å². The predicted molar refractivity (Wildman–Crippen MR) is 52.6 cm³/mol. The average Bonchev–Trinajstić information content (AvgIpc) is 1.85. The van der Waals surface area contributed by atoms with Crippen LogP contribution in [0.25, 0.3) is 0 Å². The molecule has 1 aromatic rings. The van der Waals surface area contributed by atoms with Gasteiger partial charge < -0.3 is 0 Å². The molecule has 0 fully saturated rings. The maximum atomic E-state index is 5.71. The molecule has 0 saturated carbocycles. The van der Waals surface area contributed by atoms with E-state index < -0.39 is 6.00 Å². The van der Waals surface area contributed by atoms with E-state index in [9.17, 15) is 0 Å². The Labute approximate surface area is 81.0 Å². The molecule has 1 aromatic heterocycles. The molecule has 0 unspecified atom stereocenters. The first-order valence-corrected chi connectivity index (χ1v) is 8.28. The summed E-state index contributed by atoms with van der Waals surface area (Å²) < 4.78 is 0. The van der Waals surface area contributed by atoms with Crippen molar-refractivity contribution in [3.63, 3.8) is 0 Å². The van der Waals surface area contributed by atoms with E-state index >= 15 is 0 Å². The molecule has 0 saturated heterocycles. The summed E-state index contributed by atoms with van der Waals surface area (Å²) in [5.41, 5.74) is 0.985. The van der Waals surface area contributed by atoms with Crippen molar-refractivity contribution in [2.75, 3.05) is 0 Å². The van der Waals surface area contributed by atoms with E-state index in [2.05, 4.69) is 4.98 Å². The van der Waals surface area contributed by atoms with Gasteiger partial charge in [0.1, 0.15) is 0 Å². The van der Waals surface area contributed by atoms with Gasteiger partial charge in [0.25, 0.3) is 0 Å². The summed E-state index contributed by atoms with van der Waals surface area (Å²) in [7, 11) is 0. The fourth-order valence-corrected chi connectivity index (χ4v) is 2.79. The van der Waals surface area contributed by atoms with Crippen LogP contribution >= 0.6 is 33.2 Å². The van der Waals surface area contributed by atoms with Gasteiger partial charge in [-0.05, 0) is 0 Å². The molecule has 1 heterocycles. The van der Waals surface area contributed by atoms with Gasteiger partial charge in [-0.3, -0.25) is 0 Å². The summed E-state index contributed by atoms with van der Waals surface area (Å²) >= 11 is 17.1. The topological polar surface area (TPSA) is 12.9 Å². The summed E-state index contributed by atoms with van der Waals surface area (Å²) in [6, 6.07) is -1.99. The number of rotatable bonds is 2. The Balaban J connectivity index is 2.66. The second kappa shape index (κ2) is 3.90. The van der Waals surface area contributed by atoms with E-state index in [1.54, 1.807) is 12.4 Å². The van der Waals surface area contributed by atoms with Crippen LogP contribution in [0.15, 0.2) is 18.4 Å². The Kier molecular flexibility index (Phi) is 3.37. The van der Waals surface area contributed by atoms with Gasteiger partial charge in [0.2, 0.25) is 0 Å². The molecule has 0 aliphatic heterocycles. The zero-order chi connectivity index (χ0) is 8.32. The SMILES string of the molecule is Cl[Si](Cl)(Cl)Cc1bccnc1. The van der Waals surface area contributed by atoms with E-state index in [0.29, 0.717) is 6.04 Å². The molecule has 0 amide bonds. The number of hydrogen-bond acceptors (Lipinski definition) is 1. The van der Waals surface area contributed by atoms with Crippen molar-refractivity contribution in [3.8, 4) is 0 Å². The molecule has 0 aromatic carbocycles. The van der Waals surface area contributed by atoms with Crippen molar-refractivity contribution in [2.24, 2.45) is 0 Å². The van der Waals surface area contributed by atoms with Crippen molar-refractivity contribution in [1.82, 2.24) is 4.98 Å². The zero-order valence-electron chi connectivity index (χ0n) is 5.60. The minimum atomic E-state index is -2.52. The van der Waals surface area contributed by atoms with Gasteiger partial charge in [-0.1, -0.05) is 0 Å². The second-order valence-electron chi connectivity index (χ2n) is 2.15. The van der Waals surface area contributed by atoms with Crippen molar-refractivity contribution in [2.45, 2.75) is 6.04 Å². The van der Waals surface area contributed by atoms with E-state index in [0.717, 1.165) is 5.46 Å². The van der Waals surface area contributed by atoms with Gasteiger partial charge >= 0.3 is 81.0 Å². The molecule has 0 radical (unpaired) electrons. The molecular weight excluding hydrogens is 219 g/mol. The normalized spacial score (nSPS) is 11.2. The first kappa shape index (κ1) is 9.52. The van der Waals surface area contributed by atoms with Crippen LogP contribution in [0.2, 0.25) is 0 Å². The molecule has 0 aliphatic carbocycles. The molecule has 6 heteroatoms. The fraction of sp³-hybridized carbons (Fsp3) is 0.200. The number of nitrogens with zero attached hydrogens (tertiary/aromatic N) is 1. The van der Waals surface area contributed by atoms with Crippen molar-refractivity contribution in [1.29, 1.82) is 0 Å². The Morgan fingerprint density at radius 2 is 2.18 bits per heavy atom. The van der Waals surface area contributed by atoms with Gasteiger partial charge in [-0.25, -0.2) is 0 Å². The van der Waals surface area contributed by atoms with Crippen LogP contribution in [-0.4, -0.2) is 17.9 Å². The minimum absolute atomic E-state index is 0.533. The van der Waals surface area contributed by atoms with Gasteiger partial charge in [0.05, 0.1) is 0 Å². The number of hydrogen-bond donors (Lipinski definition) is 0. The molecule has 11 heavy (non-hydrogen) atoms. The van der Waals surface area contributed by atoms with Gasteiger partial charge in [0, 0.05) is 0 Å². The molecule has 58 valence electrons. The summed E-state index contributed by atoms with van der Waals surface area (Å²) in [5.74, 6) is 1.83. The Morgan fingerprint density at radius 1 is 1.45 bits per heavy atom. The molecule has 0 bridgehead atoms. The Hall–Kier alpha value is 0.432. The molecule has 0 N–H and O–H groups in total. The molecular formula is C5H5BCl3NSi. The van der Waals surface area contributed by atoms with E-state index in [4.69, 9.17) is 33.2 Å². The first-order chi connectivity index (χ1) is 5.08. The standard InChI is InChI=1S/C5H5BCl3NSi/c7-11(8,9)4-5-3-10-2-1-6-5/h1-3H,4H2. The Morgan fingerprint density at radius 3 is 2.64 bits per heavy atom. The molecule has 0 atom stereocenters. The monoisotopic (exact) mass is 223 g/mol. The zero-order valence-corrected chi connectivity index (χ0v) is 8.87. The van der Waals surface area contributed by atoms with Crippen molar-refractivity contribution < 1.29 is 0 Å². The first-order valence-electron chi connectivity index (χ1n) is 3.03. The van der Waals surface area contributed by atoms with Gasteiger partial charge in [0.15, 0.2) is 0 Å². The van der Waals surface area contributed by atoms with Crippen LogP contribution in [0.4, 0.5) is 0 Å². The third-order valence-corrected chi connectivity index (χ3v) is 3.14. The third-order valence-electron chi connectivity index (χ3n) is 1.13. The van der Waals surface area contributed by atoms with E-state index in [-0.39, 0.29) is 0 Å². The second-order valence-corrected chi connectivity index (χ2v) is 11.3.